The van der Waals surface area contributed by atoms with Gasteiger partial charge in [-0.2, -0.15) is 5.10 Å². The van der Waals surface area contributed by atoms with E-state index in [9.17, 15) is 5.11 Å². The van der Waals surface area contributed by atoms with Gasteiger partial charge >= 0.3 is 0 Å². The lowest BCUT2D eigenvalue weighted by atomic mass is 10.0. The molecule has 3 atom stereocenters. The Morgan fingerprint density at radius 2 is 2.12 bits per heavy atom. The van der Waals surface area contributed by atoms with Gasteiger partial charge in [0.05, 0.1) is 11.8 Å². The van der Waals surface area contributed by atoms with Crippen LogP contribution in [0.1, 0.15) is 44.8 Å². The molecule has 1 aromatic heterocycles. The van der Waals surface area contributed by atoms with E-state index >= 15 is 0 Å². The molecule has 17 heavy (non-hydrogen) atoms. The van der Waals surface area contributed by atoms with E-state index in [1.807, 2.05) is 16.9 Å². The fraction of sp³-hybridized carbons (Fsp3) is 0.786. The van der Waals surface area contributed by atoms with Gasteiger partial charge in [-0.1, -0.05) is 6.42 Å². The van der Waals surface area contributed by atoms with Crippen molar-refractivity contribution in [3.8, 4) is 0 Å². The molecule has 2 aliphatic rings. The first kappa shape index (κ1) is 11.3. The van der Waals surface area contributed by atoms with E-state index in [4.69, 9.17) is 0 Å². The molecule has 2 saturated carbocycles. The van der Waals surface area contributed by atoms with Gasteiger partial charge in [0.15, 0.2) is 0 Å². The Bertz CT molecular complexity index is 389. The SMILES string of the molecule is CC(C)n1ccc(CC(O)C2C3CCCC32)n1. The van der Waals surface area contributed by atoms with Crippen molar-refractivity contribution in [2.75, 3.05) is 0 Å². The number of aromatic nitrogens is 2. The molecular formula is C14H22N2O. The topological polar surface area (TPSA) is 38.0 Å². The van der Waals surface area contributed by atoms with E-state index in [1.165, 1.54) is 19.3 Å². The predicted octanol–water partition coefficient (Wildman–Crippen LogP) is 2.41. The molecule has 0 bridgehead atoms. The van der Waals surface area contributed by atoms with Gasteiger partial charge in [0.25, 0.3) is 0 Å². The van der Waals surface area contributed by atoms with Crippen LogP contribution in [0, 0.1) is 17.8 Å². The monoisotopic (exact) mass is 234 g/mol. The first-order valence-corrected chi connectivity index (χ1v) is 6.89. The third-order valence-corrected chi connectivity index (χ3v) is 4.53. The maximum absolute atomic E-state index is 10.2. The molecule has 0 aliphatic heterocycles. The van der Waals surface area contributed by atoms with Gasteiger partial charge < -0.3 is 5.11 Å². The summed E-state index contributed by atoms with van der Waals surface area (Å²) in [5.41, 5.74) is 1.04. The van der Waals surface area contributed by atoms with Crippen molar-refractivity contribution in [1.82, 2.24) is 9.78 Å². The van der Waals surface area contributed by atoms with E-state index in [0.717, 1.165) is 24.0 Å². The number of rotatable bonds is 4. The summed E-state index contributed by atoms with van der Waals surface area (Å²) in [5.74, 6) is 2.24. The van der Waals surface area contributed by atoms with Crippen LogP contribution in [0.25, 0.3) is 0 Å². The largest absolute Gasteiger partial charge is 0.392 e. The van der Waals surface area contributed by atoms with E-state index in [2.05, 4.69) is 18.9 Å². The normalized spacial score (nSPS) is 32.8. The molecule has 3 heteroatoms. The van der Waals surface area contributed by atoms with E-state index in [0.29, 0.717) is 12.0 Å². The maximum Gasteiger partial charge on any atom is 0.0650 e. The lowest BCUT2D eigenvalue weighted by Gasteiger charge is -2.11. The summed E-state index contributed by atoms with van der Waals surface area (Å²) in [7, 11) is 0. The van der Waals surface area contributed by atoms with Crippen molar-refractivity contribution in [2.45, 2.75) is 51.7 Å². The summed E-state index contributed by atoms with van der Waals surface area (Å²) < 4.78 is 1.97. The molecular weight excluding hydrogens is 212 g/mol. The Labute approximate surface area is 103 Å². The molecule has 1 N–H and O–H groups in total. The van der Waals surface area contributed by atoms with Gasteiger partial charge in [-0.25, -0.2) is 0 Å². The Balaban J connectivity index is 1.59. The Morgan fingerprint density at radius 3 is 2.71 bits per heavy atom. The molecule has 1 heterocycles. The van der Waals surface area contributed by atoms with E-state index in [-0.39, 0.29) is 6.10 Å². The first-order valence-electron chi connectivity index (χ1n) is 6.89. The molecule has 2 fully saturated rings. The highest BCUT2D eigenvalue weighted by Crippen LogP contribution is 2.59. The highest BCUT2D eigenvalue weighted by molar-refractivity contribution is 5.09. The summed E-state index contributed by atoms with van der Waals surface area (Å²) >= 11 is 0. The minimum absolute atomic E-state index is 0.166. The molecule has 3 rings (SSSR count). The highest BCUT2D eigenvalue weighted by atomic mass is 16.3. The second-order valence-electron chi connectivity index (χ2n) is 5.99. The zero-order valence-corrected chi connectivity index (χ0v) is 10.7. The van der Waals surface area contributed by atoms with Crippen molar-refractivity contribution >= 4 is 0 Å². The third-order valence-electron chi connectivity index (χ3n) is 4.53. The van der Waals surface area contributed by atoms with Gasteiger partial charge in [0, 0.05) is 18.7 Å². The molecule has 0 spiro atoms. The van der Waals surface area contributed by atoms with E-state index < -0.39 is 0 Å². The Hall–Kier alpha value is -0.830. The van der Waals surface area contributed by atoms with Crippen LogP contribution in [0.3, 0.4) is 0 Å². The standard InChI is InChI=1S/C14H22N2O/c1-9(2)16-7-6-10(15-16)8-13(17)14-11-4-3-5-12(11)14/h6-7,9,11-14,17H,3-5,8H2,1-2H3. The van der Waals surface area contributed by atoms with Crippen LogP contribution in [0.2, 0.25) is 0 Å². The summed E-state index contributed by atoms with van der Waals surface area (Å²) in [6.45, 7) is 4.25. The van der Waals surface area contributed by atoms with Gasteiger partial charge in [-0.05, 0) is 50.5 Å². The number of aliphatic hydroxyl groups excluding tert-OH is 1. The van der Waals surface area contributed by atoms with Gasteiger partial charge in [-0.15, -0.1) is 0 Å². The minimum Gasteiger partial charge on any atom is -0.392 e. The van der Waals surface area contributed by atoms with Crippen molar-refractivity contribution < 1.29 is 5.11 Å². The van der Waals surface area contributed by atoms with Crippen molar-refractivity contribution in [3.05, 3.63) is 18.0 Å². The van der Waals surface area contributed by atoms with Crippen molar-refractivity contribution in [2.24, 2.45) is 17.8 Å². The third kappa shape index (κ3) is 2.01. The van der Waals surface area contributed by atoms with Crippen LogP contribution in [-0.2, 0) is 6.42 Å². The zero-order chi connectivity index (χ0) is 12.0. The fourth-order valence-electron chi connectivity index (χ4n) is 3.57. The maximum atomic E-state index is 10.2. The number of nitrogens with zero attached hydrogens (tertiary/aromatic N) is 2. The summed E-state index contributed by atoms with van der Waals surface area (Å²) in [4.78, 5) is 0. The Kier molecular flexibility index (Phi) is 2.74. The van der Waals surface area contributed by atoms with Crippen molar-refractivity contribution in [3.63, 3.8) is 0 Å². The van der Waals surface area contributed by atoms with Gasteiger partial charge in [0.2, 0.25) is 0 Å². The molecule has 1 aromatic rings. The van der Waals surface area contributed by atoms with Crippen LogP contribution in [0.5, 0.6) is 0 Å². The fourth-order valence-corrected chi connectivity index (χ4v) is 3.57. The average molecular weight is 234 g/mol. The zero-order valence-electron chi connectivity index (χ0n) is 10.7. The summed E-state index contributed by atoms with van der Waals surface area (Å²) in [6.07, 6.45) is 6.64. The van der Waals surface area contributed by atoms with Crippen LogP contribution in [0.15, 0.2) is 12.3 Å². The number of fused-ring (bicyclic) bond motifs is 1. The van der Waals surface area contributed by atoms with Gasteiger partial charge in [-0.3, -0.25) is 4.68 Å². The average Bonchev–Trinajstić information content (AvgIpc) is 2.72. The minimum atomic E-state index is -0.166. The number of aliphatic hydroxyl groups is 1. The van der Waals surface area contributed by atoms with Gasteiger partial charge in [0.1, 0.15) is 0 Å². The quantitative estimate of drug-likeness (QED) is 0.868. The second kappa shape index (κ2) is 4.13. The number of hydrogen-bond acceptors (Lipinski definition) is 2. The molecule has 0 radical (unpaired) electrons. The first-order chi connectivity index (χ1) is 8.16. The molecule has 0 aromatic carbocycles. The van der Waals surface area contributed by atoms with E-state index in [1.54, 1.807) is 0 Å². The molecule has 0 saturated heterocycles. The highest BCUT2D eigenvalue weighted by Gasteiger charge is 2.55. The number of hydrogen-bond donors (Lipinski definition) is 1. The molecule has 0 amide bonds. The second-order valence-corrected chi connectivity index (χ2v) is 5.99. The smallest absolute Gasteiger partial charge is 0.0650 e. The van der Waals surface area contributed by atoms with Crippen LogP contribution < -0.4 is 0 Å². The predicted molar refractivity (Wildman–Crippen MR) is 66.6 cm³/mol. The lowest BCUT2D eigenvalue weighted by Crippen LogP contribution is -2.17. The molecule has 94 valence electrons. The molecule has 3 unspecified atom stereocenters. The summed E-state index contributed by atoms with van der Waals surface area (Å²) in [6, 6.07) is 2.45. The molecule has 3 nitrogen and oxygen atoms in total. The molecule has 2 aliphatic carbocycles. The van der Waals surface area contributed by atoms with Crippen LogP contribution in [-0.4, -0.2) is 21.0 Å². The Morgan fingerprint density at radius 1 is 1.41 bits per heavy atom. The van der Waals surface area contributed by atoms with Crippen molar-refractivity contribution in [1.29, 1.82) is 0 Å². The van der Waals surface area contributed by atoms with Crippen LogP contribution >= 0.6 is 0 Å². The summed E-state index contributed by atoms with van der Waals surface area (Å²) in [5, 5.41) is 14.8. The van der Waals surface area contributed by atoms with Crippen LogP contribution in [0.4, 0.5) is 0 Å². The lowest BCUT2D eigenvalue weighted by molar-refractivity contribution is 0.134.